The van der Waals surface area contributed by atoms with Gasteiger partial charge in [0.25, 0.3) is 5.91 Å². The number of H-pyrrole nitrogens is 1. The predicted molar refractivity (Wildman–Crippen MR) is 124 cm³/mol. The molecular weight excluding hydrogens is 390 g/mol. The molecule has 0 unspecified atom stereocenters. The molecule has 4 rings (SSSR count). The molecule has 7 nitrogen and oxygen atoms in total. The van der Waals surface area contributed by atoms with Gasteiger partial charge in [-0.1, -0.05) is 18.2 Å². The smallest absolute Gasteiger partial charge is 0.255 e. The van der Waals surface area contributed by atoms with Crippen LogP contribution >= 0.6 is 0 Å². The van der Waals surface area contributed by atoms with Gasteiger partial charge in [-0.2, -0.15) is 0 Å². The molecule has 31 heavy (non-hydrogen) atoms. The minimum atomic E-state index is -0.177. The SMILES string of the molecule is COc1cccc(-c2ccc(C(=O)Nc3ccc4nc(N(C)C(C)C)[nH]c4c3)cc2)n1. The number of carbonyl (C=O) groups excluding carboxylic acids is 1. The van der Waals surface area contributed by atoms with Gasteiger partial charge in [-0.15, -0.1) is 0 Å². The van der Waals surface area contributed by atoms with Crippen molar-refractivity contribution in [3.8, 4) is 17.1 Å². The van der Waals surface area contributed by atoms with Crippen molar-refractivity contribution in [3.63, 3.8) is 0 Å². The molecule has 4 aromatic rings. The molecule has 1 amide bonds. The summed E-state index contributed by atoms with van der Waals surface area (Å²) in [6.45, 7) is 4.21. The third-order valence-electron chi connectivity index (χ3n) is 5.21. The molecule has 0 aliphatic carbocycles. The molecule has 0 radical (unpaired) electrons. The number of fused-ring (bicyclic) bond motifs is 1. The fourth-order valence-electron chi connectivity index (χ4n) is 3.17. The second kappa shape index (κ2) is 8.47. The van der Waals surface area contributed by atoms with Gasteiger partial charge in [0.1, 0.15) is 0 Å². The number of aromatic amines is 1. The molecule has 0 saturated carbocycles. The van der Waals surface area contributed by atoms with Gasteiger partial charge >= 0.3 is 0 Å². The minimum absolute atomic E-state index is 0.177. The van der Waals surface area contributed by atoms with Crippen molar-refractivity contribution in [2.75, 3.05) is 24.4 Å². The first-order chi connectivity index (χ1) is 14.9. The zero-order chi connectivity index (χ0) is 22.0. The number of imidazole rings is 1. The Bertz CT molecular complexity index is 1210. The monoisotopic (exact) mass is 415 g/mol. The number of pyridine rings is 1. The summed E-state index contributed by atoms with van der Waals surface area (Å²) in [6, 6.07) is 18.9. The molecule has 0 atom stereocenters. The maximum atomic E-state index is 12.7. The second-order valence-electron chi connectivity index (χ2n) is 7.59. The molecule has 2 heterocycles. The highest BCUT2D eigenvalue weighted by atomic mass is 16.5. The Labute approximate surface area is 181 Å². The number of methoxy groups -OCH3 is 1. The van der Waals surface area contributed by atoms with E-state index in [2.05, 4.69) is 39.0 Å². The van der Waals surface area contributed by atoms with E-state index in [0.717, 1.165) is 28.2 Å². The molecule has 2 aromatic heterocycles. The third kappa shape index (κ3) is 4.35. The van der Waals surface area contributed by atoms with E-state index in [9.17, 15) is 4.79 Å². The van der Waals surface area contributed by atoms with Crippen molar-refractivity contribution >= 4 is 28.6 Å². The first kappa shape index (κ1) is 20.4. The number of hydrogen-bond donors (Lipinski definition) is 2. The van der Waals surface area contributed by atoms with Crippen LogP contribution in [0.1, 0.15) is 24.2 Å². The van der Waals surface area contributed by atoms with Gasteiger partial charge in [0, 0.05) is 36.0 Å². The van der Waals surface area contributed by atoms with Gasteiger partial charge in [0.05, 0.1) is 23.8 Å². The summed E-state index contributed by atoms with van der Waals surface area (Å²) in [5.41, 5.74) is 4.71. The van der Waals surface area contributed by atoms with Gasteiger partial charge in [0.2, 0.25) is 11.8 Å². The normalized spacial score (nSPS) is 11.0. The van der Waals surface area contributed by atoms with E-state index in [4.69, 9.17) is 4.74 Å². The lowest BCUT2D eigenvalue weighted by atomic mass is 10.1. The van der Waals surface area contributed by atoms with E-state index < -0.39 is 0 Å². The predicted octanol–water partition coefficient (Wildman–Crippen LogP) is 4.73. The van der Waals surface area contributed by atoms with Crippen molar-refractivity contribution < 1.29 is 9.53 Å². The van der Waals surface area contributed by atoms with Gasteiger partial charge in [-0.05, 0) is 50.2 Å². The van der Waals surface area contributed by atoms with E-state index in [1.807, 2.05) is 49.5 Å². The Morgan fingerprint density at radius 2 is 1.84 bits per heavy atom. The van der Waals surface area contributed by atoms with E-state index >= 15 is 0 Å². The van der Waals surface area contributed by atoms with Crippen molar-refractivity contribution in [2.45, 2.75) is 19.9 Å². The van der Waals surface area contributed by atoms with Gasteiger partial charge in [-0.25, -0.2) is 9.97 Å². The number of anilines is 2. The number of nitrogens with one attached hydrogen (secondary N) is 2. The Hall–Kier alpha value is -3.87. The largest absolute Gasteiger partial charge is 0.481 e. The van der Waals surface area contributed by atoms with Crippen LogP contribution in [0.5, 0.6) is 5.88 Å². The Kier molecular flexibility index (Phi) is 5.58. The highest BCUT2D eigenvalue weighted by molar-refractivity contribution is 6.05. The average molecular weight is 415 g/mol. The number of benzene rings is 2. The maximum Gasteiger partial charge on any atom is 0.255 e. The quantitative estimate of drug-likeness (QED) is 0.476. The van der Waals surface area contributed by atoms with Crippen molar-refractivity contribution in [3.05, 3.63) is 66.2 Å². The highest BCUT2D eigenvalue weighted by Gasteiger charge is 2.12. The fourth-order valence-corrected chi connectivity index (χ4v) is 3.17. The summed E-state index contributed by atoms with van der Waals surface area (Å²) in [5, 5.41) is 2.95. The number of rotatable bonds is 6. The summed E-state index contributed by atoms with van der Waals surface area (Å²) in [4.78, 5) is 27.1. The molecular formula is C24H25N5O2. The first-order valence-electron chi connectivity index (χ1n) is 10.1. The third-order valence-corrected chi connectivity index (χ3v) is 5.21. The summed E-state index contributed by atoms with van der Waals surface area (Å²) in [5.74, 6) is 1.18. The van der Waals surface area contributed by atoms with Crippen LogP contribution in [0.15, 0.2) is 60.7 Å². The van der Waals surface area contributed by atoms with Crippen LogP contribution in [-0.2, 0) is 0 Å². The van der Waals surface area contributed by atoms with Crippen LogP contribution in [-0.4, -0.2) is 41.1 Å². The van der Waals surface area contributed by atoms with E-state index in [1.54, 1.807) is 25.3 Å². The van der Waals surface area contributed by atoms with Crippen LogP contribution in [0.3, 0.4) is 0 Å². The number of amides is 1. The Morgan fingerprint density at radius 3 is 2.55 bits per heavy atom. The maximum absolute atomic E-state index is 12.7. The molecule has 2 aromatic carbocycles. The van der Waals surface area contributed by atoms with Crippen LogP contribution < -0.4 is 15.0 Å². The van der Waals surface area contributed by atoms with Crippen molar-refractivity contribution in [1.82, 2.24) is 15.0 Å². The molecule has 0 spiro atoms. The fraction of sp³-hybridized carbons (Fsp3) is 0.208. The molecule has 0 saturated heterocycles. The van der Waals surface area contributed by atoms with Crippen LogP contribution in [0, 0.1) is 0 Å². The van der Waals surface area contributed by atoms with Crippen molar-refractivity contribution in [1.29, 1.82) is 0 Å². The topological polar surface area (TPSA) is 83.1 Å². The van der Waals surface area contributed by atoms with E-state index in [-0.39, 0.29) is 5.91 Å². The summed E-state index contributed by atoms with van der Waals surface area (Å²) in [6.07, 6.45) is 0. The zero-order valence-corrected chi connectivity index (χ0v) is 18.0. The summed E-state index contributed by atoms with van der Waals surface area (Å²) >= 11 is 0. The molecule has 2 N–H and O–H groups in total. The molecule has 0 fully saturated rings. The van der Waals surface area contributed by atoms with Crippen molar-refractivity contribution in [2.24, 2.45) is 0 Å². The first-order valence-corrected chi connectivity index (χ1v) is 10.1. The van der Waals surface area contributed by atoms with Gasteiger partial charge in [0.15, 0.2) is 0 Å². The molecule has 7 heteroatoms. The van der Waals surface area contributed by atoms with Crippen LogP contribution in [0.4, 0.5) is 11.6 Å². The van der Waals surface area contributed by atoms with Gasteiger partial charge < -0.3 is 19.9 Å². The van der Waals surface area contributed by atoms with Gasteiger partial charge in [-0.3, -0.25) is 4.79 Å². The summed E-state index contributed by atoms with van der Waals surface area (Å²) < 4.78 is 5.18. The van der Waals surface area contributed by atoms with Crippen LogP contribution in [0.25, 0.3) is 22.3 Å². The Morgan fingerprint density at radius 1 is 1.06 bits per heavy atom. The highest BCUT2D eigenvalue weighted by Crippen LogP contribution is 2.23. The number of ether oxygens (including phenoxy) is 1. The number of carbonyl (C=O) groups is 1. The number of nitrogens with zero attached hydrogens (tertiary/aromatic N) is 3. The Balaban J connectivity index is 1.50. The number of aromatic nitrogens is 3. The van der Waals surface area contributed by atoms with Crippen LogP contribution in [0.2, 0.25) is 0 Å². The summed E-state index contributed by atoms with van der Waals surface area (Å²) in [7, 11) is 3.58. The standard InChI is InChI=1S/C24H25N5O2/c1-15(2)29(3)24-27-20-13-12-18(14-21(20)28-24)25-23(30)17-10-8-16(9-11-17)19-6-5-7-22(26-19)31-4/h5-15H,1-4H3,(H,25,30)(H,27,28). The molecule has 0 bridgehead atoms. The van der Waals surface area contributed by atoms with E-state index in [1.165, 1.54) is 0 Å². The lowest BCUT2D eigenvalue weighted by Gasteiger charge is -2.19. The second-order valence-corrected chi connectivity index (χ2v) is 7.59. The zero-order valence-electron chi connectivity index (χ0n) is 18.0. The average Bonchev–Trinajstić information content (AvgIpc) is 3.22. The molecule has 0 aliphatic rings. The minimum Gasteiger partial charge on any atom is -0.481 e. The van der Waals surface area contributed by atoms with E-state index in [0.29, 0.717) is 23.2 Å². The molecule has 158 valence electrons. The number of hydrogen-bond acceptors (Lipinski definition) is 5. The lowest BCUT2D eigenvalue weighted by Crippen LogP contribution is -2.26. The molecule has 0 aliphatic heterocycles. The lowest BCUT2D eigenvalue weighted by molar-refractivity contribution is 0.102.